The van der Waals surface area contributed by atoms with Gasteiger partial charge in [0.1, 0.15) is 0 Å². The van der Waals surface area contributed by atoms with Gasteiger partial charge in [-0.15, -0.1) is 0 Å². The lowest BCUT2D eigenvalue weighted by molar-refractivity contribution is -0.149. The van der Waals surface area contributed by atoms with Crippen LogP contribution in [-0.2, 0) is 14.3 Å². The molecule has 0 saturated carbocycles. The topological polar surface area (TPSA) is 49.9 Å². The predicted octanol–water partition coefficient (Wildman–Crippen LogP) is 6.71. The summed E-state index contributed by atoms with van der Waals surface area (Å²) < 4.78 is 81.8. The van der Waals surface area contributed by atoms with Crippen molar-refractivity contribution in [1.82, 2.24) is 9.80 Å². The van der Waals surface area contributed by atoms with Crippen LogP contribution in [0.15, 0.2) is 0 Å². The average molecular weight is 537 g/mol. The fraction of sp³-hybridized carbons (Fsp3) is 0.920. The molecular weight excluding hydrogens is 490 g/mol. The molecule has 2 amide bonds. The first kappa shape index (κ1) is 36.6. The van der Waals surface area contributed by atoms with E-state index in [4.69, 9.17) is 4.74 Å². The van der Waals surface area contributed by atoms with Gasteiger partial charge in [-0.25, -0.2) is 0 Å². The summed E-state index contributed by atoms with van der Waals surface area (Å²) in [4.78, 5) is 26.9. The van der Waals surface area contributed by atoms with Crippen LogP contribution >= 0.6 is 0 Å². The third kappa shape index (κ3) is 17.8. The van der Waals surface area contributed by atoms with E-state index in [-0.39, 0.29) is 44.5 Å². The van der Waals surface area contributed by atoms with Gasteiger partial charge in [0.15, 0.2) is 0 Å². The summed E-state index contributed by atoms with van der Waals surface area (Å²) in [6.07, 6.45) is -10.9. The molecule has 0 rings (SSSR count). The molecule has 0 radical (unpaired) electrons. The Kier molecular flexibility index (Phi) is 15.9. The minimum Gasteiger partial charge on any atom is -0.380 e. The van der Waals surface area contributed by atoms with Gasteiger partial charge in [-0.1, -0.05) is 62.3 Å². The van der Waals surface area contributed by atoms with E-state index in [9.17, 15) is 35.9 Å². The minimum atomic E-state index is -4.38. The summed E-state index contributed by atoms with van der Waals surface area (Å²) in [6, 6.07) is 0. The Morgan fingerprint density at radius 1 is 0.750 bits per heavy atom. The van der Waals surface area contributed by atoms with Crippen LogP contribution < -0.4 is 0 Å². The number of carbonyl (C=O) groups excluding carboxylic acids is 2. The molecule has 5 nitrogen and oxygen atoms in total. The van der Waals surface area contributed by atoms with Crippen molar-refractivity contribution in [2.24, 2.45) is 16.7 Å². The number of halogens is 6. The quantitative estimate of drug-likeness (QED) is 0.232. The monoisotopic (exact) mass is 536 g/mol. The van der Waals surface area contributed by atoms with E-state index in [0.29, 0.717) is 0 Å². The number of alkyl halides is 6. The Bertz CT molecular complexity index is 647. The number of rotatable bonds is 14. The first-order valence-electron chi connectivity index (χ1n) is 12.5. The molecule has 0 unspecified atom stereocenters. The van der Waals surface area contributed by atoms with Crippen LogP contribution in [0.1, 0.15) is 81.6 Å². The predicted molar refractivity (Wildman–Crippen MR) is 129 cm³/mol. The molecule has 0 aliphatic heterocycles. The molecule has 36 heavy (non-hydrogen) atoms. The van der Waals surface area contributed by atoms with E-state index in [1.165, 1.54) is 9.80 Å². The number of hydrogen-bond donors (Lipinski definition) is 0. The van der Waals surface area contributed by atoms with Crippen molar-refractivity contribution in [3.8, 4) is 0 Å². The van der Waals surface area contributed by atoms with E-state index in [1.807, 2.05) is 13.8 Å². The van der Waals surface area contributed by atoms with E-state index >= 15 is 0 Å². The van der Waals surface area contributed by atoms with Gasteiger partial charge in [0.25, 0.3) is 0 Å². The summed E-state index contributed by atoms with van der Waals surface area (Å²) in [5.74, 6) is -1.22. The molecule has 0 aromatic rings. The van der Waals surface area contributed by atoms with Crippen molar-refractivity contribution in [1.29, 1.82) is 0 Å². The zero-order valence-corrected chi connectivity index (χ0v) is 23.3. The number of ether oxygens (including phenoxy) is 1. The zero-order chi connectivity index (χ0) is 29.0. The van der Waals surface area contributed by atoms with Crippen LogP contribution in [0.25, 0.3) is 0 Å². The van der Waals surface area contributed by atoms with Crippen LogP contribution in [0.3, 0.4) is 0 Å². The number of carbonyl (C=O) groups is 2. The molecule has 0 spiro atoms. The average Bonchev–Trinajstić information content (AvgIpc) is 2.72. The Morgan fingerprint density at radius 2 is 1.11 bits per heavy atom. The normalized spacial score (nSPS) is 12.8. The van der Waals surface area contributed by atoms with Gasteiger partial charge in [0, 0.05) is 49.3 Å². The van der Waals surface area contributed by atoms with Gasteiger partial charge in [0.2, 0.25) is 11.8 Å². The molecule has 11 heteroatoms. The molecule has 0 atom stereocenters. The van der Waals surface area contributed by atoms with Gasteiger partial charge in [-0.2, -0.15) is 26.3 Å². The third-order valence-corrected chi connectivity index (χ3v) is 5.01. The number of nitrogens with zero attached hydrogens (tertiary/aromatic N) is 2. The van der Waals surface area contributed by atoms with Gasteiger partial charge < -0.3 is 14.5 Å². The zero-order valence-electron chi connectivity index (χ0n) is 23.3. The Morgan fingerprint density at radius 3 is 1.44 bits per heavy atom. The van der Waals surface area contributed by atoms with Crippen molar-refractivity contribution in [3.05, 3.63) is 0 Å². The van der Waals surface area contributed by atoms with E-state index in [1.54, 1.807) is 48.5 Å². The van der Waals surface area contributed by atoms with Crippen molar-refractivity contribution in [3.63, 3.8) is 0 Å². The van der Waals surface area contributed by atoms with Crippen molar-refractivity contribution in [2.45, 2.75) is 93.9 Å². The maximum absolute atomic E-state index is 12.7. The highest BCUT2D eigenvalue weighted by atomic mass is 19.4. The first-order chi connectivity index (χ1) is 16.2. The van der Waals surface area contributed by atoms with Crippen LogP contribution in [0.5, 0.6) is 0 Å². The van der Waals surface area contributed by atoms with E-state index in [0.717, 1.165) is 0 Å². The molecular formula is C25H46F6N2O3. The second-order valence-electron chi connectivity index (χ2n) is 10.6. The van der Waals surface area contributed by atoms with Crippen LogP contribution in [-0.4, -0.2) is 73.4 Å². The largest absolute Gasteiger partial charge is 0.390 e. The Labute approximate surface area is 212 Å². The third-order valence-electron chi connectivity index (χ3n) is 5.01. The second kappa shape index (κ2) is 15.7. The van der Waals surface area contributed by atoms with Crippen LogP contribution in [0.2, 0.25) is 0 Å². The Balaban J connectivity index is 0. The summed E-state index contributed by atoms with van der Waals surface area (Å²) in [6.45, 7) is 15.4. The fourth-order valence-corrected chi connectivity index (χ4v) is 3.40. The van der Waals surface area contributed by atoms with Crippen molar-refractivity contribution in [2.75, 3.05) is 39.4 Å². The van der Waals surface area contributed by atoms with Gasteiger partial charge in [-0.3, -0.25) is 9.59 Å². The van der Waals surface area contributed by atoms with Gasteiger partial charge in [-0.05, 0) is 0 Å². The molecule has 0 aliphatic rings. The highest BCUT2D eigenvalue weighted by molar-refractivity contribution is 5.78. The van der Waals surface area contributed by atoms with Crippen molar-refractivity contribution >= 4 is 11.8 Å². The van der Waals surface area contributed by atoms with E-state index in [2.05, 4.69) is 0 Å². The molecule has 0 aliphatic carbocycles. The maximum atomic E-state index is 12.7. The smallest absolute Gasteiger partial charge is 0.380 e. The summed E-state index contributed by atoms with van der Waals surface area (Å²) in [5.41, 5.74) is -1.32. The molecule has 0 bridgehead atoms. The van der Waals surface area contributed by atoms with Gasteiger partial charge in [0.05, 0.1) is 26.1 Å². The number of hydrogen-bond acceptors (Lipinski definition) is 3. The lowest BCUT2D eigenvalue weighted by Gasteiger charge is -2.36. The number of amides is 2. The molecule has 0 heterocycles. The highest BCUT2D eigenvalue weighted by Gasteiger charge is 2.34. The highest BCUT2D eigenvalue weighted by Crippen LogP contribution is 2.26. The van der Waals surface area contributed by atoms with Gasteiger partial charge >= 0.3 is 12.4 Å². The summed E-state index contributed by atoms with van der Waals surface area (Å²) in [5, 5.41) is 0. The first-order valence-corrected chi connectivity index (χ1v) is 12.5. The van der Waals surface area contributed by atoms with Crippen LogP contribution in [0, 0.1) is 16.7 Å². The molecule has 0 N–H and O–H groups in total. The van der Waals surface area contributed by atoms with Crippen molar-refractivity contribution < 1.29 is 40.7 Å². The summed E-state index contributed by atoms with van der Waals surface area (Å²) in [7, 11) is 0. The Hall–Kier alpha value is -1.52. The molecule has 216 valence electrons. The summed E-state index contributed by atoms with van der Waals surface area (Å²) >= 11 is 0. The molecule has 0 saturated heterocycles. The van der Waals surface area contributed by atoms with Crippen LogP contribution in [0.4, 0.5) is 26.3 Å². The SMILES string of the molecule is CC.CCC(=O)N(CCC(F)(F)F)CC(C)(C)COCC(C)(C)CN(CCC(F)(F)F)C(=O)C(C)C. The minimum absolute atomic E-state index is 0.0621. The fourth-order valence-electron chi connectivity index (χ4n) is 3.40. The lowest BCUT2D eigenvalue weighted by atomic mass is 9.91. The molecule has 0 aromatic carbocycles. The van der Waals surface area contributed by atoms with E-state index < -0.39 is 55.0 Å². The standard InChI is InChI=1S/C23H40F6N2O3.C2H6/c1-8-18(32)30(11-9-22(24,25)26)13-20(4,5)15-34-16-21(6,7)14-31(19(33)17(2)3)12-10-23(27,28)29;1-2/h17H,8-16H2,1-7H3;1-2H3. The maximum Gasteiger partial charge on any atom is 0.390 e. The lowest BCUT2D eigenvalue weighted by Crippen LogP contribution is -2.45. The second-order valence-corrected chi connectivity index (χ2v) is 10.6. The molecule has 0 aromatic heterocycles. The molecule has 0 fully saturated rings.